The first-order chi connectivity index (χ1) is 13.0. The second-order valence-corrected chi connectivity index (χ2v) is 8.93. The van der Waals surface area contributed by atoms with E-state index in [-0.39, 0.29) is 0 Å². The third-order valence-corrected chi connectivity index (χ3v) is 6.09. The van der Waals surface area contributed by atoms with E-state index in [1.54, 1.807) is 22.8 Å². The molecule has 0 saturated carbocycles. The number of likely N-dealkylation sites (N-methyl/N-ethyl adjacent to an activating group) is 1. The van der Waals surface area contributed by atoms with Crippen LogP contribution in [-0.4, -0.2) is 34.7 Å². The van der Waals surface area contributed by atoms with Gasteiger partial charge < -0.3 is 4.90 Å². The van der Waals surface area contributed by atoms with Gasteiger partial charge in [0.15, 0.2) is 0 Å². The summed E-state index contributed by atoms with van der Waals surface area (Å²) in [6, 6.07) is 13.9. The summed E-state index contributed by atoms with van der Waals surface area (Å²) in [6.45, 7) is 7.99. The molecule has 4 rings (SSSR count). The van der Waals surface area contributed by atoms with Gasteiger partial charge in [0.25, 0.3) is 0 Å². The highest BCUT2D eigenvalue weighted by atomic mass is 35.5. The standard InChI is InChI=1S/C8H12ClNS.C7H6ClN.C7H8/c1-10-3-2-6-4-8(9)11-7(6)5-10;1-2-6-4-3-5-9-7(6)8;1-7-5-3-2-4-6-7/h8H,2-5H2,1H3;2-5H,1H2;2-6H,1H3. The van der Waals surface area contributed by atoms with Gasteiger partial charge in [-0.2, -0.15) is 0 Å². The van der Waals surface area contributed by atoms with Crippen LogP contribution in [-0.2, 0) is 0 Å². The molecule has 3 heterocycles. The fraction of sp³-hybridized carbons (Fsp3) is 0.318. The molecule has 0 aliphatic carbocycles. The number of alkyl halides is 1. The summed E-state index contributed by atoms with van der Waals surface area (Å²) in [5.41, 5.74) is 3.81. The number of aryl methyl sites for hydroxylation is 1. The van der Waals surface area contributed by atoms with Gasteiger partial charge >= 0.3 is 0 Å². The van der Waals surface area contributed by atoms with E-state index in [0.29, 0.717) is 9.86 Å². The van der Waals surface area contributed by atoms with Crippen LogP contribution in [0.25, 0.3) is 6.08 Å². The third-order valence-electron chi connectivity index (χ3n) is 4.23. The molecule has 0 saturated heterocycles. The highest BCUT2D eigenvalue weighted by molar-refractivity contribution is 8.05. The van der Waals surface area contributed by atoms with Gasteiger partial charge in [-0.05, 0) is 37.8 Å². The molecular formula is C22H26Cl2N2S. The second-order valence-electron chi connectivity index (χ2n) is 6.49. The summed E-state index contributed by atoms with van der Waals surface area (Å²) in [6.07, 6.45) is 5.68. The van der Waals surface area contributed by atoms with Crippen molar-refractivity contribution in [3.8, 4) is 0 Å². The van der Waals surface area contributed by atoms with Crippen molar-refractivity contribution in [1.29, 1.82) is 0 Å². The lowest BCUT2D eigenvalue weighted by Gasteiger charge is -2.23. The topological polar surface area (TPSA) is 16.1 Å². The van der Waals surface area contributed by atoms with Gasteiger partial charge in [0.05, 0.1) is 4.71 Å². The Balaban J connectivity index is 0.000000149. The van der Waals surface area contributed by atoms with Crippen molar-refractivity contribution in [1.82, 2.24) is 9.88 Å². The number of benzene rings is 1. The van der Waals surface area contributed by atoms with E-state index in [4.69, 9.17) is 23.2 Å². The molecule has 144 valence electrons. The highest BCUT2D eigenvalue weighted by Crippen LogP contribution is 2.43. The normalized spacial score (nSPS) is 18.6. The fourth-order valence-corrected chi connectivity index (χ4v) is 4.66. The molecule has 0 N–H and O–H groups in total. The molecule has 1 aromatic carbocycles. The van der Waals surface area contributed by atoms with Gasteiger partial charge in [-0.15, -0.1) is 23.4 Å². The molecule has 0 radical (unpaired) electrons. The number of nitrogens with zero attached hydrogens (tertiary/aromatic N) is 2. The Labute approximate surface area is 177 Å². The Bertz CT molecular complexity index is 762. The molecule has 2 aromatic rings. The monoisotopic (exact) mass is 420 g/mol. The Morgan fingerprint density at radius 1 is 1.22 bits per heavy atom. The average molecular weight is 421 g/mol. The number of halogens is 2. The van der Waals surface area contributed by atoms with Gasteiger partial charge in [0.2, 0.25) is 0 Å². The van der Waals surface area contributed by atoms with Crippen molar-refractivity contribution < 1.29 is 0 Å². The van der Waals surface area contributed by atoms with E-state index >= 15 is 0 Å². The Morgan fingerprint density at radius 3 is 2.52 bits per heavy atom. The zero-order chi connectivity index (χ0) is 19.6. The summed E-state index contributed by atoms with van der Waals surface area (Å²) in [5.74, 6) is 0. The number of pyridine rings is 1. The van der Waals surface area contributed by atoms with Crippen LogP contribution in [0, 0.1) is 6.92 Å². The molecule has 1 unspecified atom stereocenters. The van der Waals surface area contributed by atoms with Crippen LogP contribution in [0.2, 0.25) is 5.15 Å². The first-order valence-electron chi connectivity index (χ1n) is 8.94. The van der Waals surface area contributed by atoms with Crippen molar-refractivity contribution in [2.45, 2.75) is 24.5 Å². The predicted octanol–water partition coefficient (Wildman–Crippen LogP) is 6.65. The molecule has 1 aromatic heterocycles. The number of hydrogen-bond acceptors (Lipinski definition) is 3. The minimum atomic E-state index is 0.325. The maximum Gasteiger partial charge on any atom is 0.136 e. The number of thioether (sulfide) groups is 1. The molecule has 2 aliphatic rings. The van der Waals surface area contributed by atoms with Crippen molar-refractivity contribution in [3.05, 3.63) is 82.0 Å². The van der Waals surface area contributed by atoms with Gasteiger partial charge in [0, 0.05) is 24.8 Å². The number of hydrogen-bond donors (Lipinski definition) is 0. The van der Waals surface area contributed by atoms with E-state index in [1.807, 2.05) is 42.1 Å². The van der Waals surface area contributed by atoms with Gasteiger partial charge in [-0.3, -0.25) is 0 Å². The van der Waals surface area contributed by atoms with Crippen LogP contribution in [0.5, 0.6) is 0 Å². The van der Waals surface area contributed by atoms with E-state index in [0.717, 1.165) is 18.5 Å². The quantitative estimate of drug-likeness (QED) is 0.379. The zero-order valence-corrected chi connectivity index (χ0v) is 18.2. The second kappa shape index (κ2) is 11.6. The smallest absolute Gasteiger partial charge is 0.136 e. The molecule has 0 bridgehead atoms. The summed E-state index contributed by atoms with van der Waals surface area (Å²) < 4.78 is 0.325. The Kier molecular flexibility index (Phi) is 9.43. The molecule has 0 fully saturated rings. The SMILES string of the molecule is C=Cc1cccnc1Cl.CN1CCC2=C(C1)SC(Cl)C2.Cc1ccccc1. The van der Waals surface area contributed by atoms with Crippen molar-refractivity contribution in [2.24, 2.45) is 0 Å². The van der Waals surface area contributed by atoms with Gasteiger partial charge in [0.1, 0.15) is 5.15 Å². The first kappa shape index (κ1) is 22.0. The largest absolute Gasteiger partial charge is 0.301 e. The molecule has 27 heavy (non-hydrogen) atoms. The lowest BCUT2D eigenvalue weighted by molar-refractivity contribution is 0.355. The number of rotatable bonds is 1. The molecule has 2 aliphatic heterocycles. The van der Waals surface area contributed by atoms with Crippen LogP contribution in [0.15, 0.2) is 65.7 Å². The van der Waals surface area contributed by atoms with E-state index in [2.05, 4.69) is 42.6 Å². The minimum Gasteiger partial charge on any atom is -0.301 e. The fourth-order valence-electron chi connectivity index (χ4n) is 2.71. The predicted molar refractivity (Wildman–Crippen MR) is 122 cm³/mol. The van der Waals surface area contributed by atoms with Crippen molar-refractivity contribution in [2.75, 3.05) is 20.1 Å². The third kappa shape index (κ3) is 7.71. The molecule has 0 amide bonds. The molecule has 2 nitrogen and oxygen atoms in total. The zero-order valence-electron chi connectivity index (χ0n) is 15.9. The van der Waals surface area contributed by atoms with E-state index < -0.39 is 0 Å². The first-order valence-corrected chi connectivity index (χ1v) is 10.6. The summed E-state index contributed by atoms with van der Waals surface area (Å²) in [7, 11) is 2.17. The maximum absolute atomic E-state index is 6.04. The molecule has 5 heteroatoms. The summed E-state index contributed by atoms with van der Waals surface area (Å²) in [4.78, 5) is 7.75. The average Bonchev–Trinajstić information content (AvgIpc) is 3.03. The molecule has 1 atom stereocenters. The van der Waals surface area contributed by atoms with E-state index in [9.17, 15) is 0 Å². The Morgan fingerprint density at radius 2 is 1.96 bits per heavy atom. The maximum atomic E-state index is 6.04. The number of aromatic nitrogens is 1. The van der Waals surface area contributed by atoms with Crippen molar-refractivity contribution >= 4 is 41.0 Å². The van der Waals surface area contributed by atoms with Crippen LogP contribution in [0.4, 0.5) is 0 Å². The highest BCUT2D eigenvalue weighted by Gasteiger charge is 2.26. The van der Waals surface area contributed by atoms with Crippen LogP contribution >= 0.6 is 35.0 Å². The van der Waals surface area contributed by atoms with E-state index in [1.165, 1.54) is 18.5 Å². The molecule has 0 spiro atoms. The van der Waals surface area contributed by atoms with Crippen LogP contribution in [0.1, 0.15) is 24.0 Å². The summed E-state index contributed by atoms with van der Waals surface area (Å²) in [5, 5.41) is 0.507. The summed E-state index contributed by atoms with van der Waals surface area (Å²) >= 11 is 13.5. The minimum absolute atomic E-state index is 0.325. The Hall–Kier alpha value is -1.26. The van der Waals surface area contributed by atoms with Gasteiger partial charge in [-0.25, -0.2) is 4.98 Å². The molecular weight excluding hydrogens is 395 g/mol. The van der Waals surface area contributed by atoms with Crippen LogP contribution < -0.4 is 0 Å². The van der Waals surface area contributed by atoms with Crippen molar-refractivity contribution in [3.63, 3.8) is 0 Å². The lowest BCUT2D eigenvalue weighted by Crippen LogP contribution is -2.25. The lowest BCUT2D eigenvalue weighted by atomic mass is 10.1. The van der Waals surface area contributed by atoms with Crippen LogP contribution in [0.3, 0.4) is 0 Å². The van der Waals surface area contributed by atoms with Gasteiger partial charge in [-0.1, -0.05) is 71.8 Å².